The van der Waals surface area contributed by atoms with Gasteiger partial charge in [0, 0.05) is 24.7 Å². The highest BCUT2D eigenvalue weighted by Crippen LogP contribution is 2.35. The van der Waals surface area contributed by atoms with Gasteiger partial charge in [-0.2, -0.15) is 0 Å². The van der Waals surface area contributed by atoms with E-state index in [2.05, 4.69) is 25.7 Å². The number of carbonyl (C=O) groups is 1. The van der Waals surface area contributed by atoms with Crippen LogP contribution in [0.15, 0.2) is 0 Å². The second kappa shape index (κ2) is 3.37. The quantitative estimate of drug-likeness (QED) is 0.661. The summed E-state index contributed by atoms with van der Waals surface area (Å²) in [5.41, 5.74) is 0.161. The molecule has 2 heterocycles. The highest BCUT2D eigenvalue weighted by atomic mass is 16.4. The first-order valence-electron chi connectivity index (χ1n) is 5.64. The second-order valence-corrected chi connectivity index (χ2v) is 5.67. The van der Waals surface area contributed by atoms with Crippen molar-refractivity contribution in [2.75, 3.05) is 19.6 Å². The minimum absolute atomic E-state index is 0.161. The summed E-state index contributed by atoms with van der Waals surface area (Å²) in [4.78, 5) is 14.9. The van der Waals surface area contributed by atoms with Crippen LogP contribution in [0.2, 0.25) is 0 Å². The Morgan fingerprint density at radius 1 is 1.33 bits per heavy atom. The van der Waals surface area contributed by atoms with Crippen molar-refractivity contribution in [3.05, 3.63) is 0 Å². The number of nitrogens with zero attached hydrogens (tertiary/aromatic N) is 2. The third-order valence-corrected chi connectivity index (χ3v) is 3.68. The minimum Gasteiger partial charge on any atom is -0.465 e. The van der Waals surface area contributed by atoms with Gasteiger partial charge in [-0.05, 0) is 39.7 Å². The van der Waals surface area contributed by atoms with Gasteiger partial charge in [0.1, 0.15) is 0 Å². The Morgan fingerprint density at radius 3 is 2.53 bits per heavy atom. The summed E-state index contributed by atoms with van der Waals surface area (Å²) in [5.74, 6) is 0.556. The summed E-state index contributed by atoms with van der Waals surface area (Å²) in [6.45, 7) is 9.16. The molecule has 0 aromatic carbocycles. The van der Waals surface area contributed by atoms with Gasteiger partial charge in [0.2, 0.25) is 0 Å². The van der Waals surface area contributed by atoms with E-state index < -0.39 is 6.09 Å². The Morgan fingerprint density at radius 2 is 2.00 bits per heavy atom. The second-order valence-electron chi connectivity index (χ2n) is 5.67. The van der Waals surface area contributed by atoms with E-state index in [-0.39, 0.29) is 5.54 Å². The highest BCUT2D eigenvalue weighted by Gasteiger charge is 2.45. The van der Waals surface area contributed by atoms with Gasteiger partial charge in [-0.1, -0.05) is 0 Å². The lowest BCUT2D eigenvalue weighted by Crippen LogP contribution is -2.47. The van der Waals surface area contributed by atoms with Crippen LogP contribution in [0.3, 0.4) is 0 Å². The van der Waals surface area contributed by atoms with Crippen molar-refractivity contribution >= 4 is 6.09 Å². The van der Waals surface area contributed by atoms with Gasteiger partial charge in [0.25, 0.3) is 0 Å². The summed E-state index contributed by atoms with van der Waals surface area (Å²) < 4.78 is 0. The lowest BCUT2D eigenvalue weighted by atomic mass is 10.0. The summed E-state index contributed by atoms with van der Waals surface area (Å²) in [5, 5.41) is 8.96. The lowest BCUT2D eigenvalue weighted by Gasteiger charge is -2.36. The zero-order valence-electron chi connectivity index (χ0n) is 9.73. The molecular formula is C11H20N2O2. The van der Waals surface area contributed by atoms with Gasteiger partial charge in [-0.3, -0.25) is 4.90 Å². The van der Waals surface area contributed by atoms with Gasteiger partial charge in [0.05, 0.1) is 0 Å². The van der Waals surface area contributed by atoms with Gasteiger partial charge < -0.3 is 10.0 Å². The minimum atomic E-state index is -0.766. The Bertz CT molecular complexity index is 272. The molecule has 4 heteroatoms. The molecule has 1 amide bonds. The van der Waals surface area contributed by atoms with Gasteiger partial charge in [0.15, 0.2) is 0 Å². The molecule has 2 aliphatic heterocycles. The number of likely N-dealkylation sites (tertiary alicyclic amines) is 2. The predicted octanol–water partition coefficient (Wildman–Crippen LogP) is 1.47. The molecule has 15 heavy (non-hydrogen) atoms. The molecule has 2 fully saturated rings. The largest absolute Gasteiger partial charge is 0.465 e. The average Bonchev–Trinajstić information content (AvgIpc) is 2.56. The molecule has 2 atom stereocenters. The molecule has 0 aromatic rings. The molecule has 2 aliphatic rings. The summed E-state index contributed by atoms with van der Waals surface area (Å²) >= 11 is 0. The fourth-order valence-corrected chi connectivity index (χ4v) is 2.95. The van der Waals surface area contributed by atoms with Crippen LogP contribution in [0.5, 0.6) is 0 Å². The Balaban J connectivity index is 2.08. The number of hydrogen-bond donors (Lipinski definition) is 1. The van der Waals surface area contributed by atoms with E-state index in [0.717, 1.165) is 19.5 Å². The number of carboxylic acid groups (broad SMARTS) is 1. The third kappa shape index (κ3) is 1.83. The van der Waals surface area contributed by atoms with Crippen LogP contribution in [0.1, 0.15) is 27.2 Å². The standard InChI is InChI=1S/C11H20N2O2/c1-11(2,3)13-5-4-8-6-12(10(14)15)7-9(8)13/h8-9H,4-7H2,1-3H3,(H,14,15). The molecule has 0 spiro atoms. The van der Waals surface area contributed by atoms with Crippen LogP contribution >= 0.6 is 0 Å². The third-order valence-electron chi connectivity index (χ3n) is 3.68. The zero-order chi connectivity index (χ0) is 11.2. The van der Waals surface area contributed by atoms with E-state index in [1.165, 1.54) is 0 Å². The van der Waals surface area contributed by atoms with Gasteiger partial charge in [-0.15, -0.1) is 0 Å². The fourth-order valence-electron chi connectivity index (χ4n) is 2.95. The van der Waals surface area contributed by atoms with Crippen molar-refractivity contribution in [1.29, 1.82) is 0 Å². The number of fused-ring (bicyclic) bond motifs is 1. The van der Waals surface area contributed by atoms with Crippen LogP contribution in [0.4, 0.5) is 4.79 Å². The van der Waals surface area contributed by atoms with Crippen LogP contribution in [0, 0.1) is 5.92 Å². The number of rotatable bonds is 0. The van der Waals surface area contributed by atoms with E-state index in [4.69, 9.17) is 5.11 Å². The maximum Gasteiger partial charge on any atom is 0.407 e. The molecule has 1 N–H and O–H groups in total. The summed E-state index contributed by atoms with van der Waals surface area (Å²) in [7, 11) is 0. The Labute approximate surface area is 90.9 Å². The number of amides is 1. The fraction of sp³-hybridized carbons (Fsp3) is 0.909. The van der Waals surface area contributed by atoms with Crippen molar-refractivity contribution in [3.8, 4) is 0 Å². The molecule has 2 unspecified atom stereocenters. The Kier molecular flexibility index (Phi) is 2.41. The molecule has 86 valence electrons. The van der Waals surface area contributed by atoms with E-state index >= 15 is 0 Å². The maximum atomic E-state index is 10.9. The first-order chi connectivity index (χ1) is 6.89. The van der Waals surface area contributed by atoms with Crippen LogP contribution < -0.4 is 0 Å². The zero-order valence-corrected chi connectivity index (χ0v) is 9.73. The van der Waals surface area contributed by atoms with Crippen molar-refractivity contribution in [2.45, 2.75) is 38.8 Å². The molecule has 0 radical (unpaired) electrons. The van der Waals surface area contributed by atoms with E-state index in [0.29, 0.717) is 18.5 Å². The Hall–Kier alpha value is -0.770. The van der Waals surface area contributed by atoms with E-state index in [1.54, 1.807) is 4.90 Å². The highest BCUT2D eigenvalue weighted by molar-refractivity contribution is 5.65. The maximum absolute atomic E-state index is 10.9. The first kappa shape index (κ1) is 10.7. The molecule has 0 aliphatic carbocycles. The van der Waals surface area contributed by atoms with Gasteiger partial charge in [-0.25, -0.2) is 4.79 Å². The normalized spacial score (nSPS) is 32.1. The molecule has 4 nitrogen and oxygen atoms in total. The van der Waals surface area contributed by atoms with Crippen molar-refractivity contribution in [3.63, 3.8) is 0 Å². The topological polar surface area (TPSA) is 43.8 Å². The van der Waals surface area contributed by atoms with E-state index in [9.17, 15) is 4.79 Å². The monoisotopic (exact) mass is 212 g/mol. The average molecular weight is 212 g/mol. The smallest absolute Gasteiger partial charge is 0.407 e. The van der Waals surface area contributed by atoms with Crippen molar-refractivity contribution < 1.29 is 9.90 Å². The van der Waals surface area contributed by atoms with Crippen molar-refractivity contribution in [1.82, 2.24) is 9.80 Å². The predicted molar refractivity (Wildman–Crippen MR) is 58.0 cm³/mol. The lowest BCUT2D eigenvalue weighted by molar-refractivity contribution is 0.107. The van der Waals surface area contributed by atoms with Crippen LogP contribution in [-0.4, -0.2) is 52.2 Å². The summed E-state index contributed by atoms with van der Waals surface area (Å²) in [6, 6.07) is 0.445. The molecule has 2 rings (SSSR count). The molecular weight excluding hydrogens is 192 g/mol. The van der Waals surface area contributed by atoms with Crippen LogP contribution in [0.25, 0.3) is 0 Å². The SMILES string of the molecule is CC(C)(C)N1CCC2CN(C(=O)O)CC21. The number of hydrogen-bond acceptors (Lipinski definition) is 2. The van der Waals surface area contributed by atoms with Crippen molar-refractivity contribution in [2.24, 2.45) is 5.92 Å². The van der Waals surface area contributed by atoms with Gasteiger partial charge >= 0.3 is 6.09 Å². The summed E-state index contributed by atoms with van der Waals surface area (Å²) in [6.07, 6.45) is 0.379. The first-order valence-corrected chi connectivity index (χ1v) is 5.64. The molecule has 0 saturated carbocycles. The molecule has 0 aromatic heterocycles. The van der Waals surface area contributed by atoms with E-state index in [1.807, 2.05) is 0 Å². The molecule has 0 bridgehead atoms. The molecule has 2 saturated heterocycles. The van der Waals surface area contributed by atoms with Crippen LogP contribution in [-0.2, 0) is 0 Å².